The summed E-state index contributed by atoms with van der Waals surface area (Å²) in [5.74, 6) is 1.93. The van der Waals surface area contributed by atoms with E-state index in [1.54, 1.807) is 0 Å². The maximum atomic E-state index is 3.55. The minimum atomic E-state index is 0.697. The highest BCUT2D eigenvalue weighted by Crippen LogP contribution is 2.38. The summed E-state index contributed by atoms with van der Waals surface area (Å²) >= 11 is 1.99. The predicted octanol–water partition coefficient (Wildman–Crippen LogP) is 2.47. The largest absolute Gasteiger partial charge is 0.315 e. The molecule has 0 spiro atoms. The first-order valence-corrected chi connectivity index (χ1v) is 7.53. The monoisotopic (exact) mass is 250 g/mol. The van der Waals surface area contributed by atoms with Crippen molar-refractivity contribution >= 4 is 11.8 Å². The lowest BCUT2D eigenvalue weighted by molar-refractivity contribution is 0.579. The Kier molecular flexibility index (Phi) is 5.36. The summed E-state index contributed by atoms with van der Waals surface area (Å²) in [5, 5.41) is 6.96. The van der Waals surface area contributed by atoms with Crippen molar-refractivity contribution in [3.8, 4) is 0 Å². The Bertz CT molecular complexity index is 341. The zero-order valence-corrected chi connectivity index (χ0v) is 11.4. The third kappa shape index (κ3) is 3.73. The molecule has 0 aromatic heterocycles. The van der Waals surface area contributed by atoms with Crippen LogP contribution < -0.4 is 10.6 Å². The normalized spacial score (nSPS) is 18.3. The first kappa shape index (κ1) is 12.9. The van der Waals surface area contributed by atoms with Crippen molar-refractivity contribution in [3.63, 3.8) is 0 Å². The van der Waals surface area contributed by atoms with Crippen LogP contribution in [-0.4, -0.2) is 31.9 Å². The molecule has 0 bridgehead atoms. The number of benzene rings is 1. The van der Waals surface area contributed by atoms with Gasteiger partial charge in [0.2, 0.25) is 0 Å². The molecule has 0 aliphatic carbocycles. The Balaban J connectivity index is 1.68. The van der Waals surface area contributed by atoms with Crippen molar-refractivity contribution in [3.05, 3.63) is 29.8 Å². The quantitative estimate of drug-likeness (QED) is 0.727. The fourth-order valence-corrected chi connectivity index (χ4v) is 3.41. The van der Waals surface area contributed by atoms with E-state index in [1.165, 1.54) is 22.6 Å². The van der Waals surface area contributed by atoms with E-state index >= 15 is 0 Å². The molecule has 1 heterocycles. The van der Waals surface area contributed by atoms with Gasteiger partial charge in [0.1, 0.15) is 0 Å². The smallest absolute Gasteiger partial charge is 0.0108 e. The summed E-state index contributed by atoms with van der Waals surface area (Å²) in [6.45, 7) is 6.59. The molecule has 0 amide bonds. The molecule has 1 aromatic carbocycles. The van der Waals surface area contributed by atoms with Gasteiger partial charge in [-0.15, -0.1) is 11.8 Å². The Labute approximate surface area is 109 Å². The average molecular weight is 250 g/mol. The maximum Gasteiger partial charge on any atom is 0.0108 e. The minimum Gasteiger partial charge on any atom is -0.315 e. The SMILES string of the molecule is CCCNCCNCC1CSc2ccccc21. The summed E-state index contributed by atoms with van der Waals surface area (Å²) in [4.78, 5) is 1.48. The van der Waals surface area contributed by atoms with E-state index in [4.69, 9.17) is 0 Å². The molecule has 1 aliphatic heterocycles. The van der Waals surface area contributed by atoms with Gasteiger partial charge in [0.25, 0.3) is 0 Å². The van der Waals surface area contributed by atoms with E-state index in [0.29, 0.717) is 5.92 Å². The zero-order chi connectivity index (χ0) is 11.9. The summed E-state index contributed by atoms with van der Waals surface area (Å²) in [6, 6.07) is 8.80. The molecule has 1 unspecified atom stereocenters. The van der Waals surface area contributed by atoms with Crippen molar-refractivity contribution in [2.45, 2.75) is 24.2 Å². The molecular formula is C14H22N2S. The number of nitrogens with one attached hydrogen (secondary N) is 2. The fourth-order valence-electron chi connectivity index (χ4n) is 2.15. The zero-order valence-electron chi connectivity index (χ0n) is 10.5. The molecule has 0 radical (unpaired) electrons. The fraction of sp³-hybridized carbons (Fsp3) is 0.571. The number of rotatable bonds is 7. The highest BCUT2D eigenvalue weighted by atomic mass is 32.2. The van der Waals surface area contributed by atoms with Gasteiger partial charge in [-0.3, -0.25) is 0 Å². The highest BCUT2D eigenvalue weighted by Gasteiger charge is 2.21. The molecule has 0 fully saturated rings. The first-order valence-electron chi connectivity index (χ1n) is 6.55. The van der Waals surface area contributed by atoms with Crippen molar-refractivity contribution < 1.29 is 0 Å². The van der Waals surface area contributed by atoms with E-state index in [-0.39, 0.29) is 0 Å². The Hall–Kier alpha value is -0.510. The van der Waals surface area contributed by atoms with Crippen LogP contribution in [0.25, 0.3) is 0 Å². The molecule has 1 aromatic rings. The standard InChI is InChI=1S/C14H22N2S/c1-2-7-15-8-9-16-10-12-11-17-14-6-4-3-5-13(12)14/h3-6,12,15-16H,2,7-11H2,1H3. The summed E-state index contributed by atoms with van der Waals surface area (Å²) in [6.07, 6.45) is 1.21. The van der Waals surface area contributed by atoms with Gasteiger partial charge in [-0.05, 0) is 24.6 Å². The maximum absolute atomic E-state index is 3.55. The molecule has 1 aliphatic rings. The van der Waals surface area contributed by atoms with Gasteiger partial charge in [-0.1, -0.05) is 25.1 Å². The lowest BCUT2D eigenvalue weighted by Crippen LogP contribution is -2.30. The third-order valence-electron chi connectivity index (χ3n) is 3.09. The van der Waals surface area contributed by atoms with E-state index in [1.807, 2.05) is 11.8 Å². The van der Waals surface area contributed by atoms with Gasteiger partial charge in [0.05, 0.1) is 0 Å². The molecule has 94 valence electrons. The van der Waals surface area contributed by atoms with Gasteiger partial charge in [-0.2, -0.15) is 0 Å². The molecule has 2 nitrogen and oxygen atoms in total. The molecule has 17 heavy (non-hydrogen) atoms. The predicted molar refractivity (Wildman–Crippen MR) is 75.9 cm³/mol. The van der Waals surface area contributed by atoms with Gasteiger partial charge in [-0.25, -0.2) is 0 Å². The molecule has 1 atom stereocenters. The number of hydrogen-bond donors (Lipinski definition) is 2. The van der Waals surface area contributed by atoms with Crippen LogP contribution in [0.15, 0.2) is 29.2 Å². The van der Waals surface area contributed by atoms with Crippen LogP contribution in [0.3, 0.4) is 0 Å². The third-order valence-corrected chi connectivity index (χ3v) is 4.35. The summed E-state index contributed by atoms with van der Waals surface area (Å²) in [7, 11) is 0. The average Bonchev–Trinajstić information content (AvgIpc) is 2.77. The van der Waals surface area contributed by atoms with Crippen LogP contribution in [0.4, 0.5) is 0 Å². The van der Waals surface area contributed by atoms with Crippen LogP contribution in [0.1, 0.15) is 24.8 Å². The molecule has 0 saturated carbocycles. The number of fused-ring (bicyclic) bond motifs is 1. The van der Waals surface area contributed by atoms with E-state index in [9.17, 15) is 0 Å². The van der Waals surface area contributed by atoms with E-state index in [0.717, 1.165) is 26.2 Å². The Morgan fingerprint density at radius 1 is 1.18 bits per heavy atom. The van der Waals surface area contributed by atoms with Crippen molar-refractivity contribution in [2.24, 2.45) is 0 Å². The number of thioether (sulfide) groups is 1. The number of hydrogen-bond acceptors (Lipinski definition) is 3. The molecule has 3 heteroatoms. The summed E-state index contributed by atoms with van der Waals surface area (Å²) in [5.41, 5.74) is 1.53. The van der Waals surface area contributed by atoms with Gasteiger partial charge >= 0.3 is 0 Å². The Morgan fingerprint density at radius 3 is 2.88 bits per heavy atom. The van der Waals surface area contributed by atoms with Crippen molar-refractivity contribution in [2.75, 3.05) is 31.9 Å². The van der Waals surface area contributed by atoms with Crippen LogP contribution in [0, 0.1) is 0 Å². The van der Waals surface area contributed by atoms with Gasteiger partial charge in [0, 0.05) is 36.2 Å². The van der Waals surface area contributed by atoms with Crippen LogP contribution in [0.5, 0.6) is 0 Å². The highest BCUT2D eigenvalue weighted by molar-refractivity contribution is 7.99. The molecule has 2 N–H and O–H groups in total. The molecule has 0 saturated heterocycles. The Morgan fingerprint density at radius 2 is 2.00 bits per heavy atom. The van der Waals surface area contributed by atoms with E-state index in [2.05, 4.69) is 41.8 Å². The molecular weight excluding hydrogens is 228 g/mol. The van der Waals surface area contributed by atoms with Crippen LogP contribution in [-0.2, 0) is 0 Å². The van der Waals surface area contributed by atoms with Gasteiger partial charge < -0.3 is 10.6 Å². The summed E-state index contributed by atoms with van der Waals surface area (Å²) < 4.78 is 0. The lowest BCUT2D eigenvalue weighted by atomic mass is 10.0. The second kappa shape index (κ2) is 7.04. The minimum absolute atomic E-state index is 0.697. The lowest BCUT2D eigenvalue weighted by Gasteiger charge is -2.12. The van der Waals surface area contributed by atoms with Gasteiger partial charge in [0.15, 0.2) is 0 Å². The topological polar surface area (TPSA) is 24.1 Å². The van der Waals surface area contributed by atoms with Crippen LogP contribution >= 0.6 is 11.8 Å². The van der Waals surface area contributed by atoms with Crippen LogP contribution in [0.2, 0.25) is 0 Å². The first-order chi connectivity index (χ1) is 8.42. The second-order valence-electron chi connectivity index (χ2n) is 4.50. The van der Waals surface area contributed by atoms with E-state index < -0.39 is 0 Å². The molecule has 2 rings (SSSR count). The second-order valence-corrected chi connectivity index (χ2v) is 5.56. The van der Waals surface area contributed by atoms with Crippen molar-refractivity contribution in [1.82, 2.24) is 10.6 Å². The van der Waals surface area contributed by atoms with Crippen molar-refractivity contribution in [1.29, 1.82) is 0 Å².